The minimum absolute atomic E-state index is 0.000691. The van der Waals surface area contributed by atoms with Gasteiger partial charge in [0, 0.05) is 25.7 Å². The summed E-state index contributed by atoms with van der Waals surface area (Å²) in [6.07, 6.45) is 3.83. The lowest BCUT2D eigenvalue weighted by atomic mass is 9.75. The van der Waals surface area contributed by atoms with Crippen molar-refractivity contribution >= 4 is 11.9 Å². The van der Waals surface area contributed by atoms with Crippen molar-refractivity contribution in [1.82, 2.24) is 30.1 Å². The molecule has 2 N–H and O–H groups in total. The fourth-order valence-corrected chi connectivity index (χ4v) is 4.15. The van der Waals surface area contributed by atoms with Crippen LogP contribution in [0.15, 0.2) is 47.5 Å². The number of aromatic nitrogens is 5. The predicted octanol–water partition coefficient (Wildman–Crippen LogP) is 2.02. The molecule has 1 aliphatic rings. The Morgan fingerprint density at radius 2 is 1.85 bits per heavy atom. The number of carbonyl (C=O) groups is 2. The minimum atomic E-state index is -1.05. The van der Waals surface area contributed by atoms with Gasteiger partial charge in [-0.15, -0.1) is 5.10 Å². The van der Waals surface area contributed by atoms with Gasteiger partial charge in [0.05, 0.1) is 23.0 Å². The van der Waals surface area contributed by atoms with Crippen molar-refractivity contribution in [2.75, 3.05) is 13.1 Å². The lowest BCUT2D eigenvalue weighted by Gasteiger charge is -2.38. The first-order valence-electron chi connectivity index (χ1n) is 10.9. The first kappa shape index (κ1) is 22.4. The average molecular weight is 450 g/mol. The van der Waals surface area contributed by atoms with E-state index in [1.807, 2.05) is 24.3 Å². The molecule has 0 atom stereocenters. The number of rotatable bonds is 6. The molecule has 10 heteroatoms. The SMILES string of the molecule is CC(C)c1ccc(-n2cc(CC3(C(=O)O)CCN(C(=O)c4ccn[nH]c4=O)CC3)nn2)cc1. The van der Waals surface area contributed by atoms with E-state index in [1.54, 1.807) is 10.9 Å². The zero-order valence-electron chi connectivity index (χ0n) is 18.6. The summed E-state index contributed by atoms with van der Waals surface area (Å²) in [5, 5.41) is 24.2. The summed E-state index contributed by atoms with van der Waals surface area (Å²) >= 11 is 0. The van der Waals surface area contributed by atoms with Crippen molar-refractivity contribution in [2.24, 2.45) is 5.41 Å². The van der Waals surface area contributed by atoms with Crippen molar-refractivity contribution < 1.29 is 14.7 Å². The third-order valence-electron chi connectivity index (χ3n) is 6.30. The van der Waals surface area contributed by atoms with Gasteiger partial charge in [0.25, 0.3) is 11.5 Å². The van der Waals surface area contributed by atoms with Gasteiger partial charge in [0.15, 0.2) is 0 Å². The van der Waals surface area contributed by atoms with Crippen LogP contribution in [0, 0.1) is 5.41 Å². The first-order valence-corrected chi connectivity index (χ1v) is 10.9. The lowest BCUT2D eigenvalue weighted by Crippen LogP contribution is -2.48. The number of H-pyrrole nitrogens is 1. The number of nitrogens with zero attached hydrogens (tertiary/aromatic N) is 5. The molecule has 2 aromatic heterocycles. The number of carboxylic acids is 1. The van der Waals surface area contributed by atoms with Crippen molar-refractivity contribution in [3.8, 4) is 5.69 Å². The monoisotopic (exact) mass is 450 g/mol. The van der Waals surface area contributed by atoms with Crippen LogP contribution in [0.1, 0.15) is 54.2 Å². The van der Waals surface area contributed by atoms with Gasteiger partial charge >= 0.3 is 5.97 Å². The van der Waals surface area contributed by atoms with Gasteiger partial charge in [-0.25, -0.2) is 9.78 Å². The molecule has 1 amide bonds. The molecular weight excluding hydrogens is 424 g/mol. The normalized spacial score (nSPS) is 15.5. The summed E-state index contributed by atoms with van der Waals surface area (Å²) < 4.78 is 1.64. The molecule has 0 aliphatic carbocycles. The van der Waals surface area contributed by atoms with Gasteiger partial charge in [0.1, 0.15) is 5.56 Å². The maximum Gasteiger partial charge on any atom is 0.310 e. The third kappa shape index (κ3) is 4.55. The fraction of sp³-hybridized carbons (Fsp3) is 0.391. The molecule has 0 radical (unpaired) electrons. The number of amides is 1. The standard InChI is InChI=1S/C23H26N6O4/c1-15(2)16-3-5-18(6-4-16)29-14-17(25-27-29)13-23(22(32)33)8-11-28(12-9-23)21(31)19-7-10-24-26-20(19)30/h3-7,10,14-15H,8-9,11-13H2,1-2H3,(H,26,30)(H,32,33). The highest BCUT2D eigenvalue weighted by Gasteiger charge is 2.43. The first-order chi connectivity index (χ1) is 15.8. The van der Waals surface area contributed by atoms with E-state index < -0.39 is 22.9 Å². The molecule has 33 heavy (non-hydrogen) atoms. The summed E-state index contributed by atoms with van der Waals surface area (Å²) in [5.41, 5.74) is 1.04. The largest absolute Gasteiger partial charge is 0.481 e. The van der Waals surface area contributed by atoms with E-state index in [0.717, 1.165) is 5.69 Å². The van der Waals surface area contributed by atoms with Crippen LogP contribution >= 0.6 is 0 Å². The highest BCUT2D eigenvalue weighted by molar-refractivity contribution is 5.94. The number of likely N-dealkylation sites (tertiary alicyclic amines) is 1. The number of piperidine rings is 1. The molecule has 0 unspecified atom stereocenters. The van der Waals surface area contributed by atoms with Crippen LogP contribution in [0.4, 0.5) is 0 Å². The molecule has 4 rings (SSSR count). The van der Waals surface area contributed by atoms with Crippen LogP contribution in [0.25, 0.3) is 5.69 Å². The number of carboxylic acid groups (broad SMARTS) is 1. The van der Waals surface area contributed by atoms with Crippen molar-refractivity contribution in [1.29, 1.82) is 0 Å². The Morgan fingerprint density at radius 3 is 2.45 bits per heavy atom. The molecule has 1 aromatic carbocycles. The van der Waals surface area contributed by atoms with E-state index in [1.165, 1.54) is 22.7 Å². The molecule has 0 spiro atoms. The van der Waals surface area contributed by atoms with E-state index in [0.29, 0.717) is 11.6 Å². The quantitative estimate of drug-likeness (QED) is 0.587. The molecular formula is C23H26N6O4. The molecule has 1 aliphatic heterocycles. The molecule has 1 fully saturated rings. The number of aromatic amines is 1. The Hall–Kier alpha value is -3.82. The second-order valence-electron chi connectivity index (χ2n) is 8.75. The number of hydrogen-bond donors (Lipinski definition) is 2. The number of hydrogen-bond acceptors (Lipinski definition) is 6. The van der Waals surface area contributed by atoms with E-state index in [4.69, 9.17) is 0 Å². The minimum Gasteiger partial charge on any atom is -0.481 e. The molecule has 3 heterocycles. The summed E-state index contributed by atoms with van der Waals surface area (Å²) in [7, 11) is 0. The Bertz CT molecular complexity index is 1210. The fourth-order valence-electron chi connectivity index (χ4n) is 4.15. The van der Waals surface area contributed by atoms with Crippen LogP contribution < -0.4 is 5.56 Å². The molecule has 0 bridgehead atoms. The van der Waals surface area contributed by atoms with Crippen LogP contribution in [-0.4, -0.2) is 60.2 Å². The third-order valence-corrected chi connectivity index (χ3v) is 6.30. The van der Waals surface area contributed by atoms with Crippen LogP contribution in [0.3, 0.4) is 0 Å². The highest BCUT2D eigenvalue weighted by atomic mass is 16.4. The van der Waals surface area contributed by atoms with Crippen LogP contribution in [-0.2, 0) is 11.2 Å². The summed E-state index contributed by atoms with van der Waals surface area (Å²) in [4.78, 5) is 38.3. The molecule has 1 saturated heterocycles. The Morgan fingerprint density at radius 1 is 1.15 bits per heavy atom. The van der Waals surface area contributed by atoms with Crippen molar-refractivity contribution in [2.45, 2.75) is 39.0 Å². The highest BCUT2D eigenvalue weighted by Crippen LogP contribution is 2.35. The Kier molecular flexibility index (Phi) is 6.08. The summed E-state index contributed by atoms with van der Waals surface area (Å²) in [6.45, 7) is 4.72. The lowest BCUT2D eigenvalue weighted by molar-refractivity contribution is -0.151. The van der Waals surface area contributed by atoms with Crippen LogP contribution in [0.2, 0.25) is 0 Å². The van der Waals surface area contributed by atoms with Gasteiger partial charge < -0.3 is 10.0 Å². The molecule has 10 nitrogen and oxygen atoms in total. The number of nitrogens with one attached hydrogen (secondary N) is 1. The molecule has 172 valence electrons. The average Bonchev–Trinajstić information content (AvgIpc) is 3.27. The maximum absolute atomic E-state index is 12.7. The topological polar surface area (TPSA) is 134 Å². The summed E-state index contributed by atoms with van der Waals surface area (Å²) in [6, 6.07) is 9.38. The second kappa shape index (κ2) is 8.97. The maximum atomic E-state index is 12.7. The number of carbonyl (C=O) groups excluding carboxylic acids is 1. The van der Waals surface area contributed by atoms with Gasteiger partial charge in [0.2, 0.25) is 0 Å². The number of benzene rings is 1. The van der Waals surface area contributed by atoms with Crippen molar-refractivity contribution in [3.63, 3.8) is 0 Å². The second-order valence-corrected chi connectivity index (χ2v) is 8.75. The molecule has 0 saturated carbocycles. The van der Waals surface area contributed by atoms with E-state index in [2.05, 4.69) is 34.4 Å². The Balaban J connectivity index is 1.47. The predicted molar refractivity (Wildman–Crippen MR) is 119 cm³/mol. The van der Waals surface area contributed by atoms with E-state index >= 15 is 0 Å². The van der Waals surface area contributed by atoms with Crippen molar-refractivity contribution in [3.05, 3.63) is 69.9 Å². The zero-order valence-corrected chi connectivity index (χ0v) is 18.6. The van der Waals surface area contributed by atoms with E-state index in [9.17, 15) is 19.5 Å². The van der Waals surface area contributed by atoms with Gasteiger partial charge in [-0.3, -0.25) is 14.4 Å². The van der Waals surface area contributed by atoms with Gasteiger partial charge in [-0.05, 0) is 42.5 Å². The van der Waals surface area contributed by atoms with Gasteiger partial charge in [-0.1, -0.05) is 31.2 Å². The molecule has 3 aromatic rings. The summed E-state index contributed by atoms with van der Waals surface area (Å²) in [5.74, 6) is -0.920. The Labute approximate surface area is 190 Å². The zero-order chi connectivity index (χ0) is 23.6. The van der Waals surface area contributed by atoms with Gasteiger partial charge in [-0.2, -0.15) is 5.10 Å². The number of aliphatic carboxylic acids is 1. The van der Waals surface area contributed by atoms with Crippen LogP contribution in [0.5, 0.6) is 0 Å². The smallest absolute Gasteiger partial charge is 0.310 e. The van der Waals surface area contributed by atoms with E-state index in [-0.39, 0.29) is 37.9 Å².